The van der Waals surface area contributed by atoms with E-state index in [0.29, 0.717) is 6.61 Å². The molecule has 108 valence electrons. The van der Waals surface area contributed by atoms with Crippen molar-refractivity contribution >= 4 is 17.7 Å². The molecule has 4 heteroatoms. The summed E-state index contributed by atoms with van der Waals surface area (Å²) in [7, 11) is 0. The molecule has 0 bridgehead atoms. The van der Waals surface area contributed by atoms with Gasteiger partial charge in [-0.05, 0) is 31.7 Å². The largest absolute Gasteiger partial charge is 0.463 e. The first kappa shape index (κ1) is 17.8. The number of likely N-dealkylation sites (N-methyl/N-ethyl adjacent to an activating group) is 1. The zero-order valence-corrected chi connectivity index (χ0v) is 13.2. The van der Waals surface area contributed by atoms with Crippen LogP contribution in [-0.4, -0.2) is 48.1 Å². The van der Waals surface area contributed by atoms with E-state index in [0.717, 1.165) is 44.6 Å². The number of carbonyl (C=O) groups is 1. The average molecular weight is 275 g/mol. The van der Waals surface area contributed by atoms with Gasteiger partial charge < -0.3 is 9.64 Å². The highest BCUT2D eigenvalue weighted by atomic mass is 32.2. The number of esters is 1. The minimum absolute atomic E-state index is 0.0255. The van der Waals surface area contributed by atoms with Gasteiger partial charge in [-0.3, -0.25) is 4.79 Å². The fourth-order valence-electron chi connectivity index (χ4n) is 1.70. The van der Waals surface area contributed by atoms with Crippen LogP contribution >= 0.6 is 11.8 Å². The summed E-state index contributed by atoms with van der Waals surface area (Å²) in [5.41, 5.74) is 0. The van der Waals surface area contributed by atoms with Crippen molar-refractivity contribution in [2.45, 2.75) is 52.2 Å². The Kier molecular flexibility index (Phi) is 11.7. The van der Waals surface area contributed by atoms with Crippen molar-refractivity contribution < 1.29 is 9.53 Å². The van der Waals surface area contributed by atoms with Gasteiger partial charge in [0.15, 0.2) is 0 Å². The predicted octanol–water partition coefficient (Wildman–Crippen LogP) is 3.18. The van der Waals surface area contributed by atoms with Crippen molar-refractivity contribution in [1.82, 2.24) is 4.90 Å². The summed E-state index contributed by atoms with van der Waals surface area (Å²) in [5, 5.41) is 0.0339. The maximum absolute atomic E-state index is 11.9. The topological polar surface area (TPSA) is 29.5 Å². The summed E-state index contributed by atoms with van der Waals surface area (Å²) in [6, 6.07) is 0. The van der Waals surface area contributed by atoms with Crippen LogP contribution in [0.15, 0.2) is 0 Å². The molecule has 0 rings (SSSR count). The highest BCUT2D eigenvalue weighted by Crippen LogP contribution is 2.18. The van der Waals surface area contributed by atoms with Crippen LogP contribution in [-0.2, 0) is 9.53 Å². The van der Waals surface area contributed by atoms with E-state index in [1.54, 1.807) is 11.8 Å². The fraction of sp³-hybridized carbons (Fsp3) is 0.929. The molecule has 0 N–H and O–H groups in total. The molecule has 0 fully saturated rings. The second kappa shape index (κ2) is 11.8. The standard InChI is InChI=1S/C14H29NO2S/c1-5-9-13(18-12-6-2)14(16)17-11-10-15(7-3)8-4/h13H,5-12H2,1-4H3. The van der Waals surface area contributed by atoms with Gasteiger partial charge in [-0.25, -0.2) is 0 Å². The van der Waals surface area contributed by atoms with Crippen molar-refractivity contribution in [1.29, 1.82) is 0 Å². The SMILES string of the molecule is CCCSC(CCC)C(=O)OCCN(CC)CC. The molecule has 3 nitrogen and oxygen atoms in total. The lowest BCUT2D eigenvalue weighted by Crippen LogP contribution is -2.30. The maximum atomic E-state index is 11.9. The Bertz CT molecular complexity index is 208. The van der Waals surface area contributed by atoms with Gasteiger partial charge in [0, 0.05) is 6.54 Å². The first-order valence-electron chi connectivity index (χ1n) is 7.20. The summed E-state index contributed by atoms with van der Waals surface area (Å²) < 4.78 is 5.39. The van der Waals surface area contributed by atoms with Gasteiger partial charge in [0.1, 0.15) is 11.9 Å². The van der Waals surface area contributed by atoms with E-state index in [-0.39, 0.29) is 11.2 Å². The third-order valence-corrected chi connectivity index (χ3v) is 4.36. The minimum atomic E-state index is -0.0255. The summed E-state index contributed by atoms with van der Waals surface area (Å²) in [6.45, 7) is 11.9. The number of hydrogen-bond acceptors (Lipinski definition) is 4. The Morgan fingerprint density at radius 1 is 1.17 bits per heavy atom. The quantitative estimate of drug-likeness (QED) is 0.542. The molecule has 0 aliphatic heterocycles. The molecule has 0 aliphatic rings. The van der Waals surface area contributed by atoms with Crippen LogP contribution in [0.4, 0.5) is 0 Å². The predicted molar refractivity (Wildman–Crippen MR) is 80.2 cm³/mol. The van der Waals surface area contributed by atoms with Gasteiger partial charge in [-0.1, -0.05) is 34.1 Å². The number of carbonyl (C=O) groups excluding carboxylic acids is 1. The molecule has 1 atom stereocenters. The zero-order valence-electron chi connectivity index (χ0n) is 12.4. The van der Waals surface area contributed by atoms with Crippen LogP contribution in [0, 0.1) is 0 Å². The van der Waals surface area contributed by atoms with E-state index >= 15 is 0 Å². The highest BCUT2D eigenvalue weighted by Gasteiger charge is 2.19. The lowest BCUT2D eigenvalue weighted by molar-refractivity contribution is -0.143. The monoisotopic (exact) mass is 275 g/mol. The first-order chi connectivity index (χ1) is 8.69. The van der Waals surface area contributed by atoms with E-state index in [1.165, 1.54) is 0 Å². The Hall–Kier alpha value is -0.220. The molecule has 18 heavy (non-hydrogen) atoms. The van der Waals surface area contributed by atoms with Crippen LogP contribution in [0.2, 0.25) is 0 Å². The number of thioether (sulfide) groups is 1. The smallest absolute Gasteiger partial charge is 0.319 e. The van der Waals surface area contributed by atoms with Crippen LogP contribution in [0.5, 0.6) is 0 Å². The minimum Gasteiger partial charge on any atom is -0.463 e. The molecule has 0 saturated carbocycles. The third kappa shape index (κ3) is 7.98. The second-order valence-corrected chi connectivity index (χ2v) is 5.65. The Morgan fingerprint density at radius 2 is 1.83 bits per heavy atom. The molecule has 0 saturated heterocycles. The zero-order chi connectivity index (χ0) is 13.8. The fourth-order valence-corrected chi connectivity index (χ4v) is 2.83. The molecular weight excluding hydrogens is 246 g/mol. The van der Waals surface area contributed by atoms with Crippen LogP contribution in [0.3, 0.4) is 0 Å². The summed E-state index contributed by atoms with van der Waals surface area (Å²) in [6.07, 6.45) is 3.07. The highest BCUT2D eigenvalue weighted by molar-refractivity contribution is 8.00. The lowest BCUT2D eigenvalue weighted by Gasteiger charge is -2.19. The number of ether oxygens (including phenoxy) is 1. The van der Waals surface area contributed by atoms with Gasteiger partial charge in [0.05, 0.1) is 0 Å². The van der Waals surface area contributed by atoms with E-state index in [2.05, 4.69) is 32.6 Å². The summed E-state index contributed by atoms with van der Waals surface area (Å²) in [4.78, 5) is 14.2. The molecule has 0 aromatic rings. The van der Waals surface area contributed by atoms with E-state index in [9.17, 15) is 4.79 Å². The van der Waals surface area contributed by atoms with Gasteiger partial charge >= 0.3 is 5.97 Å². The average Bonchev–Trinajstić information content (AvgIpc) is 2.39. The Morgan fingerprint density at radius 3 is 2.33 bits per heavy atom. The van der Waals surface area contributed by atoms with Gasteiger partial charge in [-0.2, -0.15) is 0 Å². The van der Waals surface area contributed by atoms with Crippen LogP contribution < -0.4 is 0 Å². The van der Waals surface area contributed by atoms with E-state index in [1.807, 2.05) is 0 Å². The maximum Gasteiger partial charge on any atom is 0.319 e. The number of nitrogens with zero attached hydrogens (tertiary/aromatic N) is 1. The van der Waals surface area contributed by atoms with Gasteiger partial charge in [0.2, 0.25) is 0 Å². The van der Waals surface area contributed by atoms with Crippen molar-refractivity contribution in [3.05, 3.63) is 0 Å². The first-order valence-corrected chi connectivity index (χ1v) is 8.24. The molecule has 0 aliphatic carbocycles. The van der Waals surface area contributed by atoms with Crippen molar-refractivity contribution in [2.24, 2.45) is 0 Å². The molecule has 0 heterocycles. The molecule has 1 unspecified atom stereocenters. The third-order valence-electron chi connectivity index (χ3n) is 2.88. The molecule has 0 spiro atoms. The van der Waals surface area contributed by atoms with Crippen LogP contribution in [0.1, 0.15) is 47.0 Å². The Balaban J connectivity index is 3.93. The normalized spacial score (nSPS) is 12.7. The number of hydrogen-bond donors (Lipinski definition) is 0. The molecule has 0 radical (unpaired) electrons. The summed E-state index contributed by atoms with van der Waals surface area (Å²) in [5.74, 6) is 1.01. The van der Waals surface area contributed by atoms with Crippen molar-refractivity contribution in [3.8, 4) is 0 Å². The molecule has 0 aromatic heterocycles. The molecular formula is C14H29NO2S. The second-order valence-electron chi connectivity index (χ2n) is 4.34. The van der Waals surface area contributed by atoms with Gasteiger partial charge in [-0.15, -0.1) is 11.8 Å². The van der Waals surface area contributed by atoms with Crippen molar-refractivity contribution in [2.75, 3.05) is 32.0 Å². The lowest BCUT2D eigenvalue weighted by atomic mass is 10.2. The molecule has 0 aromatic carbocycles. The van der Waals surface area contributed by atoms with E-state index < -0.39 is 0 Å². The van der Waals surface area contributed by atoms with Crippen LogP contribution in [0.25, 0.3) is 0 Å². The summed E-state index contributed by atoms with van der Waals surface area (Å²) >= 11 is 1.74. The Labute approximate surface area is 117 Å². The van der Waals surface area contributed by atoms with Crippen molar-refractivity contribution in [3.63, 3.8) is 0 Å². The number of rotatable bonds is 11. The van der Waals surface area contributed by atoms with E-state index in [4.69, 9.17) is 4.74 Å². The van der Waals surface area contributed by atoms with Gasteiger partial charge in [0.25, 0.3) is 0 Å². The molecule has 0 amide bonds.